The molecule has 2 aliphatic heterocycles. The zero-order chi connectivity index (χ0) is 35.0. The van der Waals surface area contributed by atoms with Crippen molar-refractivity contribution in [2.24, 2.45) is 5.73 Å². The average Bonchev–Trinajstić information content (AvgIpc) is 3.81. The first kappa shape index (κ1) is 33.5. The van der Waals surface area contributed by atoms with Crippen LogP contribution >= 0.6 is 0 Å². The molecule has 2 aromatic carbocycles. The third kappa shape index (κ3) is 6.15. The van der Waals surface area contributed by atoms with Crippen molar-refractivity contribution in [2.75, 3.05) is 38.9 Å². The van der Waals surface area contributed by atoms with Gasteiger partial charge in [0.15, 0.2) is 12.6 Å². The number of carbonyl (C=O) groups is 1. The van der Waals surface area contributed by atoms with Crippen molar-refractivity contribution >= 4 is 33.4 Å². The Hall–Kier alpha value is -5.02. The number of methoxy groups -OCH3 is 1. The smallest absolute Gasteiger partial charge is 0.319 e. The molecule has 12 nitrogen and oxygen atoms in total. The van der Waals surface area contributed by atoms with E-state index >= 15 is 8.78 Å². The predicted molar refractivity (Wildman–Crippen MR) is 180 cm³/mol. The summed E-state index contributed by atoms with van der Waals surface area (Å²) in [6.45, 7) is 3.25. The molecule has 0 aliphatic carbocycles. The van der Waals surface area contributed by atoms with Gasteiger partial charge in [-0.15, -0.1) is 0 Å². The van der Waals surface area contributed by atoms with Gasteiger partial charge < -0.3 is 25.3 Å². The fraction of sp³-hybridized carbons (Fsp3) is 0.400. The van der Waals surface area contributed by atoms with E-state index in [4.69, 9.17) is 19.9 Å². The SMILES string of the molecule is CCc1c(F)ccc2cc(OCOC)cc(-c3ncc4c(NCc5[nH]ncc5C(N)=O)nc(OCC[C@]56CCCN5C[C@H](F)C6)nc4c3F)c12. The molecule has 4 N–H and O–H groups in total. The van der Waals surface area contributed by atoms with E-state index < -0.39 is 23.7 Å². The largest absolute Gasteiger partial charge is 0.468 e. The molecular formula is C35H37F3N8O4. The van der Waals surface area contributed by atoms with Crippen molar-refractivity contribution in [3.05, 3.63) is 65.1 Å². The number of hydrogen-bond acceptors (Lipinski definition) is 10. The summed E-state index contributed by atoms with van der Waals surface area (Å²) < 4.78 is 63.3. The van der Waals surface area contributed by atoms with Crippen molar-refractivity contribution in [2.45, 2.75) is 57.3 Å². The zero-order valence-corrected chi connectivity index (χ0v) is 27.7. The molecule has 0 unspecified atom stereocenters. The summed E-state index contributed by atoms with van der Waals surface area (Å²) in [6.07, 6.45) is 5.08. The van der Waals surface area contributed by atoms with E-state index in [9.17, 15) is 9.18 Å². The highest BCUT2D eigenvalue weighted by atomic mass is 19.1. The summed E-state index contributed by atoms with van der Waals surface area (Å²) in [5, 5.41) is 11.1. The van der Waals surface area contributed by atoms with Gasteiger partial charge in [-0.25, -0.2) is 13.2 Å². The van der Waals surface area contributed by atoms with Crippen LogP contribution in [0.3, 0.4) is 0 Å². The summed E-state index contributed by atoms with van der Waals surface area (Å²) in [7, 11) is 1.48. The van der Waals surface area contributed by atoms with E-state index in [1.54, 1.807) is 18.2 Å². The lowest BCUT2D eigenvalue weighted by Gasteiger charge is -2.31. The number of halogens is 3. The Morgan fingerprint density at radius 1 is 1.20 bits per heavy atom. The van der Waals surface area contributed by atoms with Crippen LogP contribution in [-0.4, -0.2) is 81.3 Å². The molecule has 5 aromatic rings. The number of aryl methyl sites for hydroxylation is 1. The van der Waals surface area contributed by atoms with Gasteiger partial charge in [0.2, 0.25) is 0 Å². The van der Waals surface area contributed by atoms with Gasteiger partial charge in [0.25, 0.3) is 5.91 Å². The fourth-order valence-corrected chi connectivity index (χ4v) is 7.43. The maximum absolute atomic E-state index is 16.9. The number of pyridine rings is 1. The number of nitrogens with one attached hydrogen (secondary N) is 2. The number of alkyl halides is 1. The van der Waals surface area contributed by atoms with Crippen molar-refractivity contribution in [3.63, 3.8) is 0 Å². The molecule has 0 saturated carbocycles. The molecule has 2 fully saturated rings. The minimum absolute atomic E-state index is 0.0335. The summed E-state index contributed by atoms with van der Waals surface area (Å²) in [6, 6.07) is 6.22. The standard InChI is InChI=1S/C35H37F3N8O4/c1-3-22-26(37)6-5-19-11-21(50-18-48-2)12-23(28(19)22)30-29(38)31-25(14-40-30)33(41-16-27-24(32(39)47)15-42-45-27)44-34(43-31)49-10-8-35-7-4-9-46(35)17-20(36)13-35/h5-6,11-12,14-15,20H,3-4,7-10,13,16-18H2,1-2H3,(H2,39,47)(H,42,45)(H,41,43,44)/t20-,35+/m1/s1. The van der Waals surface area contributed by atoms with Gasteiger partial charge in [-0.1, -0.05) is 13.0 Å². The van der Waals surface area contributed by atoms with Crippen LogP contribution in [0.1, 0.15) is 54.2 Å². The topological polar surface area (TPSA) is 153 Å². The third-order valence-electron chi connectivity index (χ3n) is 9.73. The fourth-order valence-electron chi connectivity index (χ4n) is 7.43. The van der Waals surface area contributed by atoms with Crippen molar-refractivity contribution < 1.29 is 32.2 Å². The van der Waals surface area contributed by atoms with Gasteiger partial charge in [0, 0.05) is 37.4 Å². The van der Waals surface area contributed by atoms with Crippen LogP contribution in [0, 0.1) is 11.6 Å². The molecule has 50 heavy (non-hydrogen) atoms. The highest BCUT2D eigenvalue weighted by molar-refractivity contribution is 6.02. The van der Waals surface area contributed by atoms with Crippen LogP contribution in [0.5, 0.6) is 11.8 Å². The average molecular weight is 691 g/mol. The maximum atomic E-state index is 16.9. The van der Waals surface area contributed by atoms with Crippen molar-refractivity contribution in [1.29, 1.82) is 0 Å². The second kappa shape index (κ2) is 13.7. The number of nitrogens with zero attached hydrogens (tertiary/aromatic N) is 5. The number of ether oxygens (including phenoxy) is 3. The Balaban J connectivity index is 1.31. The lowest BCUT2D eigenvalue weighted by atomic mass is 9.90. The first-order valence-electron chi connectivity index (χ1n) is 16.5. The Morgan fingerprint density at radius 2 is 2.06 bits per heavy atom. The second-order valence-electron chi connectivity index (χ2n) is 12.7. The molecule has 0 bridgehead atoms. The van der Waals surface area contributed by atoms with Gasteiger partial charge in [-0.05, 0) is 66.8 Å². The van der Waals surface area contributed by atoms with E-state index in [0.29, 0.717) is 59.2 Å². The monoisotopic (exact) mass is 690 g/mol. The molecule has 3 aromatic heterocycles. The van der Waals surface area contributed by atoms with Gasteiger partial charge in [-0.3, -0.25) is 19.8 Å². The number of amides is 1. The molecule has 0 spiro atoms. The van der Waals surface area contributed by atoms with Gasteiger partial charge in [-0.2, -0.15) is 15.1 Å². The van der Waals surface area contributed by atoms with Crippen LogP contribution in [0.4, 0.5) is 19.0 Å². The quantitative estimate of drug-likeness (QED) is 0.136. The van der Waals surface area contributed by atoms with Crippen molar-refractivity contribution in [1.82, 2.24) is 30.0 Å². The first-order valence-corrected chi connectivity index (χ1v) is 16.5. The minimum Gasteiger partial charge on any atom is -0.468 e. The van der Waals surface area contributed by atoms with Gasteiger partial charge in [0.1, 0.15) is 34.8 Å². The Labute approximate surface area is 285 Å². The lowest BCUT2D eigenvalue weighted by Crippen LogP contribution is -2.39. The number of aromatic nitrogens is 5. The van der Waals surface area contributed by atoms with Crippen LogP contribution in [0.2, 0.25) is 0 Å². The first-order chi connectivity index (χ1) is 24.2. The van der Waals surface area contributed by atoms with Crippen LogP contribution in [0.25, 0.3) is 32.9 Å². The molecule has 2 aliphatic rings. The van der Waals surface area contributed by atoms with E-state index in [0.717, 1.165) is 19.4 Å². The highest BCUT2D eigenvalue weighted by Crippen LogP contribution is 2.43. The molecule has 2 atom stereocenters. The zero-order valence-electron chi connectivity index (χ0n) is 27.7. The lowest BCUT2D eigenvalue weighted by molar-refractivity contribution is 0.0512. The number of H-pyrrole nitrogens is 1. The van der Waals surface area contributed by atoms with Crippen LogP contribution in [0.15, 0.2) is 36.7 Å². The van der Waals surface area contributed by atoms with E-state index in [1.165, 1.54) is 25.6 Å². The number of aromatic amines is 1. The number of rotatable bonds is 13. The van der Waals surface area contributed by atoms with Crippen molar-refractivity contribution in [3.8, 4) is 23.0 Å². The highest BCUT2D eigenvalue weighted by Gasteiger charge is 2.48. The minimum atomic E-state index is -0.882. The number of carbonyl (C=O) groups excluding carboxylic acids is 1. The number of nitrogens with two attached hydrogens (primary N) is 1. The molecule has 262 valence electrons. The van der Waals surface area contributed by atoms with Gasteiger partial charge >= 0.3 is 6.01 Å². The molecule has 1 amide bonds. The number of hydrogen-bond donors (Lipinski definition) is 3. The normalized spacial score (nSPS) is 18.9. The molecule has 15 heteroatoms. The summed E-state index contributed by atoms with van der Waals surface area (Å²) in [5.41, 5.74) is 6.33. The Morgan fingerprint density at radius 3 is 2.86 bits per heavy atom. The Bertz CT molecular complexity index is 2080. The molecular weight excluding hydrogens is 653 g/mol. The second-order valence-corrected chi connectivity index (χ2v) is 12.7. The van der Waals surface area contributed by atoms with E-state index in [1.807, 2.05) is 6.92 Å². The van der Waals surface area contributed by atoms with E-state index in [2.05, 4.69) is 35.4 Å². The number of benzene rings is 2. The Kier molecular flexibility index (Phi) is 9.18. The third-order valence-corrected chi connectivity index (χ3v) is 9.73. The maximum Gasteiger partial charge on any atom is 0.319 e. The molecule has 0 radical (unpaired) electrons. The van der Waals surface area contributed by atoms with E-state index in [-0.39, 0.29) is 59.5 Å². The van der Waals surface area contributed by atoms with Crippen LogP contribution < -0.4 is 20.5 Å². The molecule has 7 rings (SSSR count). The summed E-state index contributed by atoms with van der Waals surface area (Å²) in [5.74, 6) is -1.32. The van der Waals surface area contributed by atoms with Crippen LogP contribution in [-0.2, 0) is 17.7 Å². The molecule has 2 saturated heterocycles. The summed E-state index contributed by atoms with van der Waals surface area (Å²) >= 11 is 0. The van der Waals surface area contributed by atoms with Gasteiger partial charge in [0.05, 0.1) is 36.0 Å². The predicted octanol–water partition coefficient (Wildman–Crippen LogP) is 5.45. The number of anilines is 1. The number of fused-ring (bicyclic) bond motifs is 3. The number of primary amides is 1. The molecule has 5 heterocycles. The summed E-state index contributed by atoms with van der Waals surface area (Å²) in [4.78, 5) is 27.6.